The fourth-order valence-corrected chi connectivity index (χ4v) is 3.65. The van der Waals surface area contributed by atoms with Crippen LogP contribution in [0.15, 0.2) is 23.3 Å². The lowest BCUT2D eigenvalue weighted by Crippen LogP contribution is -2.48. The summed E-state index contributed by atoms with van der Waals surface area (Å²) in [6.07, 6.45) is 4.36. The fourth-order valence-electron chi connectivity index (χ4n) is 3.65. The molecular formula is C17H19N3O2. The van der Waals surface area contributed by atoms with Crippen LogP contribution in [0.5, 0.6) is 0 Å². The number of hydrogen-bond donors (Lipinski definition) is 1. The summed E-state index contributed by atoms with van der Waals surface area (Å²) in [7, 11) is 1.74. The van der Waals surface area contributed by atoms with Gasteiger partial charge in [0.15, 0.2) is 0 Å². The highest BCUT2D eigenvalue weighted by molar-refractivity contribution is 6.08. The van der Waals surface area contributed by atoms with Crippen molar-refractivity contribution in [2.45, 2.75) is 32.1 Å². The lowest BCUT2D eigenvalue weighted by Gasteiger charge is -2.41. The van der Waals surface area contributed by atoms with Gasteiger partial charge < -0.3 is 5.32 Å². The van der Waals surface area contributed by atoms with Crippen molar-refractivity contribution in [2.24, 2.45) is 16.9 Å². The highest BCUT2D eigenvalue weighted by atomic mass is 16.2. The van der Waals surface area contributed by atoms with Crippen LogP contribution in [0.25, 0.3) is 0 Å². The summed E-state index contributed by atoms with van der Waals surface area (Å²) in [5, 5.41) is 8.96. The molecule has 2 heterocycles. The van der Waals surface area contributed by atoms with Crippen molar-refractivity contribution in [3.05, 3.63) is 29.3 Å². The second kappa shape index (κ2) is 4.93. The smallest absolute Gasteiger partial charge is 0.246 e. The van der Waals surface area contributed by atoms with E-state index in [0.717, 1.165) is 42.6 Å². The van der Waals surface area contributed by atoms with Crippen LogP contribution in [0.1, 0.15) is 36.8 Å². The standard InChI is InChI=1S/C17H19N3O2/c1-20-17(22)13-7-6-12(13)16(19-20)11-5-8-14-10(9-11)3-2-4-15(21)18-14/h5,8-9,12-13H,2-4,6-7H2,1H3,(H,18,21). The second-order valence-corrected chi connectivity index (χ2v) is 6.41. The first kappa shape index (κ1) is 13.5. The Balaban J connectivity index is 1.71. The molecule has 2 unspecified atom stereocenters. The van der Waals surface area contributed by atoms with E-state index in [1.807, 2.05) is 12.1 Å². The highest BCUT2D eigenvalue weighted by Crippen LogP contribution is 2.41. The van der Waals surface area contributed by atoms with Gasteiger partial charge >= 0.3 is 0 Å². The predicted molar refractivity (Wildman–Crippen MR) is 83.5 cm³/mol. The monoisotopic (exact) mass is 297 g/mol. The van der Waals surface area contributed by atoms with E-state index in [0.29, 0.717) is 6.42 Å². The van der Waals surface area contributed by atoms with E-state index in [-0.39, 0.29) is 23.7 Å². The first-order chi connectivity index (χ1) is 10.6. The Morgan fingerprint density at radius 3 is 2.77 bits per heavy atom. The molecule has 114 valence electrons. The van der Waals surface area contributed by atoms with Crippen molar-refractivity contribution in [3.63, 3.8) is 0 Å². The van der Waals surface area contributed by atoms with Crippen molar-refractivity contribution in [1.82, 2.24) is 5.01 Å². The predicted octanol–water partition coefficient (Wildman–Crippen LogP) is 2.16. The molecule has 0 saturated heterocycles. The van der Waals surface area contributed by atoms with Crippen LogP contribution in [-0.4, -0.2) is 29.6 Å². The summed E-state index contributed by atoms with van der Waals surface area (Å²) in [4.78, 5) is 23.7. The van der Waals surface area contributed by atoms with Gasteiger partial charge in [-0.3, -0.25) is 9.59 Å². The van der Waals surface area contributed by atoms with E-state index in [2.05, 4.69) is 16.5 Å². The molecular weight excluding hydrogens is 278 g/mol. The van der Waals surface area contributed by atoms with Gasteiger partial charge in [-0.1, -0.05) is 6.07 Å². The summed E-state index contributed by atoms with van der Waals surface area (Å²) in [6, 6.07) is 6.13. The second-order valence-electron chi connectivity index (χ2n) is 6.41. The summed E-state index contributed by atoms with van der Waals surface area (Å²) in [5.74, 6) is 0.603. The zero-order chi connectivity index (χ0) is 15.3. The Morgan fingerprint density at radius 1 is 1.18 bits per heavy atom. The Bertz CT molecular complexity index is 695. The van der Waals surface area contributed by atoms with Gasteiger partial charge in [0.1, 0.15) is 0 Å². The van der Waals surface area contributed by atoms with Gasteiger partial charge in [-0.15, -0.1) is 0 Å². The number of nitrogens with zero attached hydrogens (tertiary/aromatic N) is 2. The third kappa shape index (κ3) is 2.03. The molecule has 22 heavy (non-hydrogen) atoms. The number of nitrogens with one attached hydrogen (secondary N) is 1. The molecule has 0 aromatic heterocycles. The maximum Gasteiger partial charge on any atom is 0.246 e. The summed E-state index contributed by atoms with van der Waals surface area (Å²) >= 11 is 0. The zero-order valence-corrected chi connectivity index (χ0v) is 12.6. The first-order valence-electron chi connectivity index (χ1n) is 7.92. The number of benzene rings is 1. The Kier molecular flexibility index (Phi) is 3.03. The molecule has 1 aromatic rings. The van der Waals surface area contributed by atoms with Gasteiger partial charge in [0.2, 0.25) is 11.8 Å². The molecule has 1 saturated carbocycles. The summed E-state index contributed by atoms with van der Waals surface area (Å²) in [6.45, 7) is 0. The van der Waals surface area contributed by atoms with Gasteiger partial charge in [0, 0.05) is 31.0 Å². The Labute approximate surface area is 129 Å². The number of anilines is 1. The molecule has 5 nitrogen and oxygen atoms in total. The fraction of sp³-hybridized carbons (Fsp3) is 0.471. The van der Waals surface area contributed by atoms with Crippen molar-refractivity contribution in [2.75, 3.05) is 12.4 Å². The van der Waals surface area contributed by atoms with Crippen molar-refractivity contribution in [3.8, 4) is 0 Å². The average molecular weight is 297 g/mol. The number of rotatable bonds is 1. The quantitative estimate of drug-likeness (QED) is 0.863. The van der Waals surface area contributed by atoms with E-state index in [1.54, 1.807) is 7.05 Å². The molecule has 3 aliphatic rings. The van der Waals surface area contributed by atoms with E-state index in [9.17, 15) is 9.59 Å². The minimum Gasteiger partial charge on any atom is -0.326 e. The number of aryl methyl sites for hydroxylation is 1. The third-order valence-electron chi connectivity index (χ3n) is 5.04. The third-order valence-corrected chi connectivity index (χ3v) is 5.04. The van der Waals surface area contributed by atoms with Crippen molar-refractivity contribution >= 4 is 23.2 Å². The van der Waals surface area contributed by atoms with E-state index in [4.69, 9.17) is 0 Å². The van der Waals surface area contributed by atoms with Crippen LogP contribution in [0, 0.1) is 11.8 Å². The molecule has 5 heteroatoms. The molecule has 2 atom stereocenters. The topological polar surface area (TPSA) is 61.8 Å². The lowest BCUT2D eigenvalue weighted by atomic mass is 9.68. The largest absolute Gasteiger partial charge is 0.326 e. The van der Waals surface area contributed by atoms with Gasteiger partial charge in [0.05, 0.1) is 5.71 Å². The minimum atomic E-state index is 0.0888. The number of carbonyl (C=O) groups is 2. The molecule has 0 bridgehead atoms. The van der Waals surface area contributed by atoms with E-state index >= 15 is 0 Å². The molecule has 1 aromatic carbocycles. The normalized spacial score (nSPS) is 27.1. The number of carbonyl (C=O) groups excluding carboxylic acids is 2. The Morgan fingerprint density at radius 2 is 2.00 bits per heavy atom. The van der Waals surface area contributed by atoms with Crippen molar-refractivity contribution in [1.29, 1.82) is 0 Å². The van der Waals surface area contributed by atoms with Crippen LogP contribution in [0.3, 0.4) is 0 Å². The van der Waals surface area contributed by atoms with Crippen LogP contribution in [0.2, 0.25) is 0 Å². The summed E-state index contributed by atoms with van der Waals surface area (Å²) in [5.41, 5.74) is 4.19. The van der Waals surface area contributed by atoms with Gasteiger partial charge in [-0.25, -0.2) is 5.01 Å². The van der Waals surface area contributed by atoms with Crippen LogP contribution < -0.4 is 5.32 Å². The molecule has 0 spiro atoms. The van der Waals surface area contributed by atoms with Crippen molar-refractivity contribution < 1.29 is 9.59 Å². The van der Waals surface area contributed by atoms with Crippen LogP contribution in [-0.2, 0) is 16.0 Å². The molecule has 4 rings (SSSR count). The lowest BCUT2D eigenvalue weighted by molar-refractivity contribution is -0.139. The van der Waals surface area contributed by atoms with E-state index < -0.39 is 0 Å². The van der Waals surface area contributed by atoms with Gasteiger partial charge in [-0.05, 0) is 48.9 Å². The van der Waals surface area contributed by atoms with E-state index in [1.165, 1.54) is 10.6 Å². The van der Waals surface area contributed by atoms with Gasteiger partial charge in [-0.2, -0.15) is 5.10 Å². The highest BCUT2D eigenvalue weighted by Gasteiger charge is 2.44. The average Bonchev–Trinajstić information content (AvgIpc) is 2.63. The van der Waals surface area contributed by atoms with Crippen LogP contribution in [0.4, 0.5) is 5.69 Å². The molecule has 0 radical (unpaired) electrons. The molecule has 1 fully saturated rings. The van der Waals surface area contributed by atoms with Crippen LogP contribution >= 0.6 is 0 Å². The Hall–Kier alpha value is -2.17. The molecule has 2 aliphatic heterocycles. The summed E-state index contributed by atoms with van der Waals surface area (Å²) < 4.78 is 0. The number of hydrogen-bond acceptors (Lipinski definition) is 3. The molecule has 1 N–H and O–H groups in total. The number of amides is 2. The SMILES string of the molecule is CN1N=C(c2ccc3c(c2)CCCC(=O)N3)C2CCC2C1=O. The number of hydrazone groups is 1. The van der Waals surface area contributed by atoms with Gasteiger partial charge in [0.25, 0.3) is 0 Å². The molecule has 2 amide bonds. The zero-order valence-electron chi connectivity index (χ0n) is 12.6. The minimum absolute atomic E-state index is 0.0888. The first-order valence-corrected chi connectivity index (χ1v) is 7.92. The molecule has 1 aliphatic carbocycles. The maximum absolute atomic E-state index is 12.0. The number of fused-ring (bicyclic) bond motifs is 2. The maximum atomic E-state index is 12.0.